The van der Waals surface area contributed by atoms with Gasteiger partial charge in [0.25, 0.3) is 0 Å². The molecule has 1 N–H and O–H groups in total. The van der Waals surface area contributed by atoms with Crippen LogP contribution in [0.25, 0.3) is 0 Å². The molecule has 0 aromatic heterocycles. The number of nitrogens with one attached hydrogen (secondary N) is 1. The van der Waals surface area contributed by atoms with Gasteiger partial charge in [-0.1, -0.05) is 0 Å². The van der Waals surface area contributed by atoms with E-state index >= 15 is 0 Å². The second-order valence-electron chi connectivity index (χ2n) is 2.13. The standard InChI is InChI=1S/C6H8N2O3/c1-11-6(10)5-2-4(3-9)7-8-5/h3,5,8H,2H2,1H3. The van der Waals surface area contributed by atoms with Gasteiger partial charge in [0.05, 0.1) is 7.11 Å². The molecule has 60 valence electrons. The summed E-state index contributed by atoms with van der Waals surface area (Å²) in [5.41, 5.74) is 2.84. The van der Waals surface area contributed by atoms with Crippen LogP contribution in [0.2, 0.25) is 0 Å². The first-order valence-electron chi connectivity index (χ1n) is 3.13. The van der Waals surface area contributed by atoms with Crippen LogP contribution >= 0.6 is 0 Å². The molecule has 0 aromatic carbocycles. The summed E-state index contributed by atoms with van der Waals surface area (Å²) in [6.07, 6.45) is 0.937. The Hall–Kier alpha value is -1.39. The highest BCUT2D eigenvalue weighted by Crippen LogP contribution is 2.02. The van der Waals surface area contributed by atoms with Gasteiger partial charge < -0.3 is 4.74 Å². The van der Waals surface area contributed by atoms with Crippen LogP contribution < -0.4 is 5.43 Å². The lowest BCUT2D eigenvalue weighted by molar-refractivity contribution is -0.142. The maximum absolute atomic E-state index is 10.8. The molecule has 0 saturated heterocycles. The van der Waals surface area contributed by atoms with Crippen molar-refractivity contribution in [2.24, 2.45) is 5.10 Å². The van der Waals surface area contributed by atoms with Crippen LogP contribution in [0.4, 0.5) is 0 Å². The van der Waals surface area contributed by atoms with Crippen molar-refractivity contribution in [3.05, 3.63) is 0 Å². The zero-order valence-electron chi connectivity index (χ0n) is 6.03. The van der Waals surface area contributed by atoms with Crippen molar-refractivity contribution in [2.45, 2.75) is 12.5 Å². The number of carbonyl (C=O) groups is 2. The van der Waals surface area contributed by atoms with Gasteiger partial charge in [0.2, 0.25) is 0 Å². The fourth-order valence-corrected chi connectivity index (χ4v) is 0.814. The van der Waals surface area contributed by atoms with Gasteiger partial charge in [-0.3, -0.25) is 10.2 Å². The van der Waals surface area contributed by atoms with E-state index in [4.69, 9.17) is 0 Å². The van der Waals surface area contributed by atoms with Gasteiger partial charge >= 0.3 is 5.97 Å². The third-order valence-electron chi connectivity index (χ3n) is 1.40. The first kappa shape index (κ1) is 7.71. The molecule has 0 saturated carbocycles. The summed E-state index contributed by atoms with van der Waals surface area (Å²) in [5.74, 6) is -0.398. The Balaban J connectivity index is 2.47. The minimum atomic E-state index is -0.486. The van der Waals surface area contributed by atoms with E-state index in [0.29, 0.717) is 18.4 Å². The Kier molecular flexibility index (Phi) is 2.20. The highest BCUT2D eigenvalue weighted by atomic mass is 16.5. The summed E-state index contributed by atoms with van der Waals surface area (Å²) in [6.45, 7) is 0. The van der Waals surface area contributed by atoms with Gasteiger partial charge in [0, 0.05) is 6.42 Å². The number of hydrogen-bond donors (Lipinski definition) is 1. The lowest BCUT2D eigenvalue weighted by atomic mass is 10.2. The first-order chi connectivity index (χ1) is 5.27. The lowest BCUT2D eigenvalue weighted by Crippen LogP contribution is -2.30. The molecule has 1 aliphatic heterocycles. The van der Waals surface area contributed by atoms with Crippen molar-refractivity contribution in [2.75, 3.05) is 7.11 Å². The maximum atomic E-state index is 10.8. The highest BCUT2D eigenvalue weighted by Gasteiger charge is 2.25. The molecule has 5 heteroatoms. The summed E-state index contributed by atoms with van der Waals surface area (Å²) < 4.78 is 4.44. The van der Waals surface area contributed by atoms with E-state index in [0.717, 1.165) is 0 Å². The minimum Gasteiger partial charge on any atom is -0.467 e. The van der Waals surface area contributed by atoms with Crippen molar-refractivity contribution >= 4 is 18.0 Å². The van der Waals surface area contributed by atoms with Crippen molar-refractivity contribution in [3.8, 4) is 0 Å². The highest BCUT2D eigenvalue weighted by molar-refractivity contribution is 6.29. The summed E-state index contributed by atoms with van der Waals surface area (Å²) in [7, 11) is 1.29. The lowest BCUT2D eigenvalue weighted by Gasteiger charge is -2.04. The van der Waals surface area contributed by atoms with Gasteiger partial charge in [-0.05, 0) is 0 Å². The molecule has 0 spiro atoms. The van der Waals surface area contributed by atoms with E-state index < -0.39 is 12.0 Å². The SMILES string of the molecule is COC(=O)C1CC(C=O)=NN1. The number of hydrazone groups is 1. The van der Waals surface area contributed by atoms with E-state index in [-0.39, 0.29) is 0 Å². The van der Waals surface area contributed by atoms with Crippen molar-refractivity contribution in [1.82, 2.24) is 5.43 Å². The number of esters is 1. The fourth-order valence-electron chi connectivity index (χ4n) is 0.814. The number of nitrogens with zero attached hydrogens (tertiary/aromatic N) is 1. The molecule has 0 aromatic rings. The zero-order chi connectivity index (χ0) is 8.27. The molecule has 1 rings (SSSR count). The molecule has 1 unspecified atom stereocenters. The smallest absolute Gasteiger partial charge is 0.330 e. The molecule has 0 radical (unpaired) electrons. The molecule has 1 atom stereocenters. The number of rotatable bonds is 2. The fraction of sp³-hybridized carbons (Fsp3) is 0.500. The van der Waals surface area contributed by atoms with Crippen LogP contribution in [0.3, 0.4) is 0 Å². The second-order valence-corrected chi connectivity index (χ2v) is 2.13. The van der Waals surface area contributed by atoms with Crippen LogP contribution in [-0.2, 0) is 14.3 Å². The summed E-state index contributed by atoms with van der Waals surface area (Å²) in [5, 5.41) is 3.60. The Morgan fingerprint density at radius 3 is 3.09 bits per heavy atom. The van der Waals surface area contributed by atoms with Gasteiger partial charge in [-0.15, -0.1) is 0 Å². The Labute approximate surface area is 63.4 Å². The zero-order valence-corrected chi connectivity index (χ0v) is 6.03. The summed E-state index contributed by atoms with van der Waals surface area (Å²) >= 11 is 0. The van der Waals surface area contributed by atoms with Crippen molar-refractivity contribution in [3.63, 3.8) is 0 Å². The Morgan fingerprint density at radius 2 is 2.64 bits per heavy atom. The minimum absolute atomic E-state index is 0.316. The van der Waals surface area contributed by atoms with Gasteiger partial charge in [-0.25, -0.2) is 4.79 Å². The van der Waals surface area contributed by atoms with Crippen LogP contribution in [0, 0.1) is 0 Å². The molecule has 0 aliphatic carbocycles. The number of methoxy groups -OCH3 is 1. The third-order valence-corrected chi connectivity index (χ3v) is 1.40. The molecule has 0 bridgehead atoms. The van der Waals surface area contributed by atoms with E-state index in [9.17, 15) is 9.59 Å². The molecule has 1 aliphatic rings. The van der Waals surface area contributed by atoms with E-state index in [1.54, 1.807) is 0 Å². The van der Waals surface area contributed by atoms with Gasteiger partial charge in [0.1, 0.15) is 11.8 Å². The molecular formula is C6H8N2O3. The molecule has 5 nitrogen and oxygen atoms in total. The van der Waals surface area contributed by atoms with E-state index in [2.05, 4.69) is 15.3 Å². The first-order valence-corrected chi connectivity index (χ1v) is 3.13. The predicted molar refractivity (Wildman–Crippen MR) is 37.1 cm³/mol. The average Bonchev–Trinajstić information content (AvgIpc) is 2.50. The third kappa shape index (κ3) is 1.54. The van der Waals surface area contributed by atoms with Crippen LogP contribution in [-0.4, -0.2) is 31.1 Å². The van der Waals surface area contributed by atoms with Crippen molar-refractivity contribution in [1.29, 1.82) is 0 Å². The number of hydrogen-bond acceptors (Lipinski definition) is 5. The van der Waals surface area contributed by atoms with E-state index in [1.165, 1.54) is 7.11 Å². The quantitative estimate of drug-likeness (QED) is 0.414. The maximum Gasteiger partial charge on any atom is 0.330 e. The molecule has 11 heavy (non-hydrogen) atoms. The monoisotopic (exact) mass is 156 g/mol. The molecule has 1 heterocycles. The topological polar surface area (TPSA) is 67.8 Å². The van der Waals surface area contributed by atoms with Crippen LogP contribution in [0.15, 0.2) is 5.10 Å². The predicted octanol–water partition coefficient (Wildman–Crippen LogP) is -0.924. The summed E-state index contributed by atoms with van der Waals surface area (Å²) in [4.78, 5) is 20.9. The number of carbonyl (C=O) groups excluding carboxylic acids is 2. The van der Waals surface area contributed by atoms with Crippen LogP contribution in [0.1, 0.15) is 6.42 Å². The summed E-state index contributed by atoms with van der Waals surface area (Å²) in [6, 6.07) is -0.486. The van der Waals surface area contributed by atoms with E-state index in [1.807, 2.05) is 0 Å². The molecule has 0 amide bonds. The largest absolute Gasteiger partial charge is 0.467 e. The molecular weight excluding hydrogens is 148 g/mol. The molecule has 0 fully saturated rings. The average molecular weight is 156 g/mol. The second kappa shape index (κ2) is 3.14. The van der Waals surface area contributed by atoms with Gasteiger partial charge in [0.15, 0.2) is 6.29 Å². The van der Waals surface area contributed by atoms with Crippen molar-refractivity contribution < 1.29 is 14.3 Å². The van der Waals surface area contributed by atoms with Gasteiger partial charge in [-0.2, -0.15) is 5.10 Å². The number of aldehydes is 1. The Bertz CT molecular complexity index is 212. The Morgan fingerprint density at radius 1 is 1.91 bits per heavy atom. The van der Waals surface area contributed by atoms with Crippen LogP contribution in [0.5, 0.6) is 0 Å². The number of ether oxygens (including phenoxy) is 1. The normalized spacial score (nSPS) is 21.9.